The number of hydrogen-bond acceptors (Lipinski definition) is 5. The first-order chi connectivity index (χ1) is 10.3. The lowest BCUT2D eigenvalue weighted by atomic mass is 9.93. The van der Waals surface area contributed by atoms with Gasteiger partial charge in [0.05, 0.1) is 11.1 Å². The second kappa shape index (κ2) is 6.07. The van der Waals surface area contributed by atoms with Crippen molar-refractivity contribution >= 4 is 11.9 Å². The van der Waals surface area contributed by atoms with Gasteiger partial charge >= 0.3 is 0 Å². The van der Waals surface area contributed by atoms with Crippen LogP contribution < -0.4 is 10.8 Å². The van der Waals surface area contributed by atoms with Gasteiger partial charge in [-0.2, -0.15) is 0 Å². The molecule has 0 radical (unpaired) electrons. The van der Waals surface area contributed by atoms with Crippen molar-refractivity contribution in [3.8, 4) is 0 Å². The fourth-order valence-corrected chi connectivity index (χ4v) is 1.96. The highest BCUT2D eigenvalue weighted by Crippen LogP contribution is 2.25. The van der Waals surface area contributed by atoms with Crippen LogP contribution >= 0.6 is 0 Å². The van der Waals surface area contributed by atoms with E-state index in [9.17, 15) is 9.18 Å². The van der Waals surface area contributed by atoms with Crippen LogP contribution in [0, 0.1) is 12.7 Å². The van der Waals surface area contributed by atoms with Gasteiger partial charge in [0.25, 0.3) is 5.91 Å². The van der Waals surface area contributed by atoms with Crippen LogP contribution in [0.4, 0.5) is 10.3 Å². The molecular formula is C15H17FN4O2. The maximum Gasteiger partial charge on any atom is 0.277 e. The first-order valence-electron chi connectivity index (χ1n) is 6.65. The van der Waals surface area contributed by atoms with Gasteiger partial charge in [-0.05, 0) is 38.0 Å². The largest absolute Gasteiger partial charge is 0.345 e. The zero-order chi connectivity index (χ0) is 16.3. The van der Waals surface area contributed by atoms with Crippen LogP contribution in [0.15, 0.2) is 30.6 Å². The summed E-state index contributed by atoms with van der Waals surface area (Å²) in [5.41, 5.74) is 2.57. The zero-order valence-corrected chi connectivity index (χ0v) is 12.5. The summed E-state index contributed by atoms with van der Waals surface area (Å²) in [6.45, 7) is 5.53. The van der Waals surface area contributed by atoms with Gasteiger partial charge in [-0.3, -0.25) is 10.0 Å². The Kier molecular flexibility index (Phi) is 4.37. The summed E-state index contributed by atoms with van der Waals surface area (Å²) in [7, 11) is 0. The fraction of sp³-hybridized carbons (Fsp3) is 0.267. The molecule has 0 saturated heterocycles. The normalized spacial score (nSPS) is 11.1. The number of nitrogens with zero attached hydrogens (tertiary/aromatic N) is 2. The average molecular weight is 304 g/mol. The van der Waals surface area contributed by atoms with Crippen LogP contribution in [0.25, 0.3) is 0 Å². The standard InChI is InChI=1S/C15H17FN4O2/c1-9-6-11(4-5-12(9)16)15(2,3)19-14-17-7-10(8-18-14)13(21)20-22/h4-8,22H,1-3H3,(H,20,21)(H,17,18,19). The number of aromatic nitrogens is 2. The lowest BCUT2D eigenvalue weighted by Crippen LogP contribution is -2.29. The molecule has 1 amide bonds. The van der Waals surface area contributed by atoms with Crippen molar-refractivity contribution in [2.45, 2.75) is 26.3 Å². The molecule has 22 heavy (non-hydrogen) atoms. The third-order valence-electron chi connectivity index (χ3n) is 3.32. The third-order valence-corrected chi connectivity index (χ3v) is 3.32. The molecule has 0 saturated carbocycles. The van der Waals surface area contributed by atoms with E-state index in [1.165, 1.54) is 23.9 Å². The van der Waals surface area contributed by atoms with Gasteiger partial charge in [-0.1, -0.05) is 12.1 Å². The van der Waals surface area contributed by atoms with Crippen LogP contribution in [-0.4, -0.2) is 21.1 Å². The molecule has 1 aromatic carbocycles. The summed E-state index contributed by atoms with van der Waals surface area (Å²) in [6.07, 6.45) is 2.60. The molecule has 7 heteroatoms. The van der Waals surface area contributed by atoms with E-state index in [2.05, 4.69) is 15.3 Å². The molecule has 1 heterocycles. The number of nitrogens with one attached hydrogen (secondary N) is 2. The number of carbonyl (C=O) groups is 1. The molecule has 0 atom stereocenters. The molecule has 1 aromatic heterocycles. The third kappa shape index (κ3) is 3.37. The van der Waals surface area contributed by atoms with Crippen molar-refractivity contribution in [1.82, 2.24) is 15.4 Å². The Balaban J connectivity index is 2.20. The van der Waals surface area contributed by atoms with E-state index in [-0.39, 0.29) is 11.4 Å². The Morgan fingerprint density at radius 2 is 1.91 bits per heavy atom. The molecule has 0 aliphatic carbocycles. The number of amides is 1. The van der Waals surface area contributed by atoms with E-state index >= 15 is 0 Å². The van der Waals surface area contributed by atoms with Crippen LogP contribution in [0.2, 0.25) is 0 Å². The Bertz CT molecular complexity index is 686. The van der Waals surface area contributed by atoms with Gasteiger partial charge in [-0.25, -0.2) is 19.8 Å². The Labute approximate surface area is 127 Å². The molecule has 0 spiro atoms. The van der Waals surface area contributed by atoms with Gasteiger partial charge in [0.2, 0.25) is 5.95 Å². The molecule has 0 fully saturated rings. The minimum Gasteiger partial charge on any atom is -0.345 e. The van der Waals surface area contributed by atoms with E-state index in [1.54, 1.807) is 19.1 Å². The summed E-state index contributed by atoms with van der Waals surface area (Å²) < 4.78 is 13.4. The fourth-order valence-electron chi connectivity index (χ4n) is 1.96. The summed E-state index contributed by atoms with van der Waals surface area (Å²) in [5.74, 6) is -0.614. The molecule has 116 valence electrons. The predicted octanol–water partition coefficient (Wildman–Crippen LogP) is 2.39. The summed E-state index contributed by atoms with van der Waals surface area (Å²) in [6, 6.07) is 4.88. The van der Waals surface area contributed by atoms with Gasteiger partial charge < -0.3 is 5.32 Å². The Morgan fingerprint density at radius 3 is 2.45 bits per heavy atom. The molecule has 2 aromatic rings. The van der Waals surface area contributed by atoms with Crippen molar-refractivity contribution in [3.63, 3.8) is 0 Å². The highest BCUT2D eigenvalue weighted by atomic mass is 19.1. The SMILES string of the molecule is Cc1cc(C(C)(C)Nc2ncc(C(=O)NO)cn2)ccc1F. The number of hydrogen-bond donors (Lipinski definition) is 3. The zero-order valence-electron chi connectivity index (χ0n) is 12.5. The minimum absolute atomic E-state index is 0.142. The summed E-state index contributed by atoms with van der Waals surface area (Å²) in [4.78, 5) is 19.3. The van der Waals surface area contributed by atoms with E-state index in [1.807, 2.05) is 13.8 Å². The lowest BCUT2D eigenvalue weighted by molar-refractivity contribution is 0.0705. The average Bonchev–Trinajstić information content (AvgIpc) is 2.49. The highest BCUT2D eigenvalue weighted by Gasteiger charge is 2.22. The second-order valence-corrected chi connectivity index (χ2v) is 5.45. The molecule has 0 unspecified atom stereocenters. The number of halogens is 1. The van der Waals surface area contributed by atoms with Crippen LogP contribution in [-0.2, 0) is 5.54 Å². The van der Waals surface area contributed by atoms with Crippen LogP contribution in [0.5, 0.6) is 0 Å². The monoisotopic (exact) mass is 304 g/mol. The minimum atomic E-state index is -0.681. The number of aryl methyl sites for hydroxylation is 1. The van der Waals surface area contributed by atoms with Gasteiger partial charge in [0.15, 0.2) is 0 Å². The van der Waals surface area contributed by atoms with Crippen molar-refractivity contribution < 1.29 is 14.4 Å². The van der Waals surface area contributed by atoms with Crippen molar-refractivity contribution in [3.05, 3.63) is 53.1 Å². The van der Waals surface area contributed by atoms with E-state index in [0.717, 1.165) is 5.56 Å². The maximum atomic E-state index is 13.4. The quantitative estimate of drug-likeness (QED) is 0.596. The lowest BCUT2D eigenvalue weighted by Gasteiger charge is -2.27. The van der Waals surface area contributed by atoms with E-state index < -0.39 is 11.4 Å². The maximum absolute atomic E-state index is 13.4. The predicted molar refractivity (Wildman–Crippen MR) is 79.1 cm³/mol. The molecule has 2 rings (SSSR count). The smallest absolute Gasteiger partial charge is 0.277 e. The molecule has 0 bridgehead atoms. The first kappa shape index (κ1) is 15.8. The van der Waals surface area contributed by atoms with Gasteiger partial charge in [0, 0.05) is 12.4 Å². The number of rotatable bonds is 4. The number of benzene rings is 1. The van der Waals surface area contributed by atoms with E-state index in [4.69, 9.17) is 5.21 Å². The molecule has 6 nitrogen and oxygen atoms in total. The second-order valence-electron chi connectivity index (χ2n) is 5.45. The Morgan fingerprint density at radius 1 is 1.27 bits per heavy atom. The number of carbonyl (C=O) groups excluding carboxylic acids is 1. The highest BCUT2D eigenvalue weighted by molar-refractivity contribution is 5.92. The molecule has 0 aliphatic heterocycles. The van der Waals surface area contributed by atoms with Gasteiger partial charge in [-0.15, -0.1) is 0 Å². The van der Waals surface area contributed by atoms with Crippen LogP contribution in [0.1, 0.15) is 35.3 Å². The molecule has 3 N–H and O–H groups in total. The summed E-state index contributed by atoms with van der Waals surface area (Å²) >= 11 is 0. The van der Waals surface area contributed by atoms with E-state index in [0.29, 0.717) is 11.5 Å². The van der Waals surface area contributed by atoms with Crippen LogP contribution in [0.3, 0.4) is 0 Å². The van der Waals surface area contributed by atoms with Crippen molar-refractivity contribution in [1.29, 1.82) is 0 Å². The molecule has 0 aliphatic rings. The first-order valence-corrected chi connectivity index (χ1v) is 6.65. The van der Waals surface area contributed by atoms with Crippen molar-refractivity contribution in [2.24, 2.45) is 0 Å². The van der Waals surface area contributed by atoms with Gasteiger partial charge in [0.1, 0.15) is 5.82 Å². The summed E-state index contributed by atoms with van der Waals surface area (Å²) in [5, 5.41) is 11.7. The number of anilines is 1. The molecular weight excluding hydrogens is 287 g/mol. The Hall–Kier alpha value is -2.54. The topological polar surface area (TPSA) is 87.1 Å². The van der Waals surface area contributed by atoms with Crippen molar-refractivity contribution in [2.75, 3.05) is 5.32 Å². The number of hydroxylamine groups is 1.